The first kappa shape index (κ1) is 14.7. The molecule has 108 valence electrons. The number of pyridine rings is 1. The lowest BCUT2D eigenvalue weighted by Gasteiger charge is -2.13. The van der Waals surface area contributed by atoms with Gasteiger partial charge < -0.3 is 11.1 Å². The summed E-state index contributed by atoms with van der Waals surface area (Å²) in [4.78, 5) is 4.03. The Morgan fingerprint density at radius 2 is 2.00 bits per heavy atom. The highest BCUT2D eigenvalue weighted by Gasteiger charge is 2.33. The Bertz CT molecular complexity index is 717. The topological polar surface area (TPSA) is 74.7 Å². The van der Waals surface area contributed by atoms with Gasteiger partial charge in [-0.2, -0.15) is 18.4 Å². The summed E-state index contributed by atoms with van der Waals surface area (Å²) in [6.45, 7) is 1.74. The molecule has 0 aliphatic carbocycles. The molecule has 0 aliphatic heterocycles. The average Bonchev–Trinajstić information content (AvgIpc) is 2.41. The Balaban J connectivity index is 2.40. The highest BCUT2D eigenvalue weighted by molar-refractivity contribution is 5.63. The van der Waals surface area contributed by atoms with Crippen molar-refractivity contribution in [3.05, 3.63) is 47.2 Å². The van der Waals surface area contributed by atoms with Crippen molar-refractivity contribution in [2.24, 2.45) is 0 Å². The minimum absolute atomic E-state index is 0.196. The molecular formula is C14H11F3N4. The van der Waals surface area contributed by atoms with Crippen LogP contribution in [0.15, 0.2) is 30.5 Å². The molecule has 21 heavy (non-hydrogen) atoms. The van der Waals surface area contributed by atoms with Crippen LogP contribution in [-0.4, -0.2) is 4.98 Å². The molecule has 2 rings (SSSR count). The predicted octanol–water partition coefficient (Wildman–Crippen LogP) is 3.61. The third kappa shape index (κ3) is 3.23. The molecule has 0 fully saturated rings. The monoisotopic (exact) mass is 292 g/mol. The van der Waals surface area contributed by atoms with Crippen molar-refractivity contribution in [2.45, 2.75) is 13.1 Å². The first-order valence-electron chi connectivity index (χ1n) is 5.92. The second-order valence-corrected chi connectivity index (χ2v) is 4.43. The van der Waals surface area contributed by atoms with E-state index in [1.54, 1.807) is 13.0 Å². The second kappa shape index (κ2) is 5.32. The van der Waals surface area contributed by atoms with Crippen LogP contribution in [0.4, 0.5) is 30.4 Å². The molecule has 0 atom stereocenters. The van der Waals surface area contributed by atoms with Crippen LogP contribution in [-0.2, 0) is 6.18 Å². The fourth-order valence-corrected chi connectivity index (χ4v) is 1.82. The van der Waals surface area contributed by atoms with E-state index in [0.29, 0.717) is 17.1 Å². The van der Waals surface area contributed by atoms with Crippen molar-refractivity contribution < 1.29 is 13.2 Å². The van der Waals surface area contributed by atoms with Gasteiger partial charge in [0, 0.05) is 5.69 Å². The number of benzene rings is 1. The fraction of sp³-hybridized carbons (Fsp3) is 0.143. The maximum atomic E-state index is 12.9. The summed E-state index contributed by atoms with van der Waals surface area (Å²) in [6, 6.07) is 6.59. The van der Waals surface area contributed by atoms with Crippen molar-refractivity contribution in [3.63, 3.8) is 0 Å². The van der Waals surface area contributed by atoms with Crippen LogP contribution >= 0.6 is 0 Å². The highest BCUT2D eigenvalue weighted by Crippen LogP contribution is 2.34. The van der Waals surface area contributed by atoms with Crippen LogP contribution < -0.4 is 11.1 Å². The Morgan fingerprint density at radius 3 is 2.57 bits per heavy atom. The van der Waals surface area contributed by atoms with Gasteiger partial charge in [-0.25, -0.2) is 4.98 Å². The van der Waals surface area contributed by atoms with E-state index < -0.39 is 17.3 Å². The number of anilines is 3. The number of nitriles is 1. The fourth-order valence-electron chi connectivity index (χ4n) is 1.82. The molecule has 0 radical (unpaired) electrons. The zero-order valence-electron chi connectivity index (χ0n) is 11.0. The highest BCUT2D eigenvalue weighted by atomic mass is 19.4. The number of halogens is 3. The van der Waals surface area contributed by atoms with Gasteiger partial charge in [-0.05, 0) is 36.8 Å². The van der Waals surface area contributed by atoms with E-state index in [2.05, 4.69) is 10.3 Å². The van der Waals surface area contributed by atoms with Gasteiger partial charge in [-0.1, -0.05) is 0 Å². The molecule has 0 saturated carbocycles. The minimum Gasteiger partial charge on any atom is -0.397 e. The van der Waals surface area contributed by atoms with Crippen LogP contribution in [0, 0.1) is 18.3 Å². The lowest BCUT2D eigenvalue weighted by Crippen LogP contribution is -2.08. The number of rotatable bonds is 2. The summed E-state index contributed by atoms with van der Waals surface area (Å²) in [5.74, 6) is 0.405. The van der Waals surface area contributed by atoms with Crippen molar-refractivity contribution in [1.82, 2.24) is 4.98 Å². The van der Waals surface area contributed by atoms with Gasteiger partial charge in [-0.3, -0.25) is 0 Å². The van der Waals surface area contributed by atoms with Gasteiger partial charge in [0.2, 0.25) is 0 Å². The average molecular weight is 292 g/mol. The lowest BCUT2D eigenvalue weighted by molar-refractivity contribution is -0.137. The molecule has 0 amide bonds. The quantitative estimate of drug-likeness (QED) is 0.886. The molecule has 0 bridgehead atoms. The van der Waals surface area contributed by atoms with Crippen molar-refractivity contribution in [3.8, 4) is 6.07 Å². The SMILES string of the molecule is Cc1cc(N)cnc1Nc1ccc(C#N)c(C(F)(F)F)c1. The van der Waals surface area contributed by atoms with E-state index in [4.69, 9.17) is 11.0 Å². The molecule has 7 heteroatoms. The van der Waals surface area contributed by atoms with Crippen molar-refractivity contribution in [1.29, 1.82) is 5.26 Å². The molecular weight excluding hydrogens is 281 g/mol. The van der Waals surface area contributed by atoms with Crippen LogP contribution in [0.25, 0.3) is 0 Å². The normalized spacial score (nSPS) is 11.0. The zero-order valence-corrected chi connectivity index (χ0v) is 11.0. The van der Waals surface area contributed by atoms with Gasteiger partial charge in [0.05, 0.1) is 29.1 Å². The van der Waals surface area contributed by atoms with E-state index in [0.717, 1.165) is 12.1 Å². The number of nitrogens with two attached hydrogens (primary N) is 1. The number of alkyl halides is 3. The maximum absolute atomic E-state index is 12.9. The number of nitrogens with one attached hydrogen (secondary N) is 1. The van der Waals surface area contributed by atoms with E-state index in [1.165, 1.54) is 18.3 Å². The first-order chi connectivity index (χ1) is 9.81. The van der Waals surface area contributed by atoms with Crippen LogP contribution in [0.3, 0.4) is 0 Å². The van der Waals surface area contributed by atoms with Gasteiger partial charge in [0.15, 0.2) is 0 Å². The first-order valence-corrected chi connectivity index (χ1v) is 5.92. The predicted molar refractivity (Wildman–Crippen MR) is 72.8 cm³/mol. The van der Waals surface area contributed by atoms with Gasteiger partial charge >= 0.3 is 6.18 Å². The lowest BCUT2D eigenvalue weighted by atomic mass is 10.1. The van der Waals surface area contributed by atoms with Crippen LogP contribution in [0.5, 0.6) is 0 Å². The van der Waals surface area contributed by atoms with Crippen LogP contribution in [0.1, 0.15) is 16.7 Å². The summed E-state index contributed by atoms with van der Waals surface area (Å²) in [6.07, 6.45) is -3.18. The smallest absolute Gasteiger partial charge is 0.397 e. The summed E-state index contributed by atoms with van der Waals surface area (Å²) in [5, 5.41) is 11.5. The number of aromatic nitrogens is 1. The van der Waals surface area contributed by atoms with E-state index in [9.17, 15) is 13.2 Å². The third-order valence-electron chi connectivity index (χ3n) is 2.81. The van der Waals surface area contributed by atoms with Gasteiger partial charge in [0.25, 0.3) is 0 Å². The number of hydrogen-bond acceptors (Lipinski definition) is 4. The molecule has 0 unspecified atom stereocenters. The van der Waals surface area contributed by atoms with E-state index >= 15 is 0 Å². The largest absolute Gasteiger partial charge is 0.417 e. The van der Waals surface area contributed by atoms with Gasteiger partial charge in [-0.15, -0.1) is 0 Å². The van der Waals surface area contributed by atoms with E-state index in [-0.39, 0.29) is 5.69 Å². The molecule has 0 spiro atoms. The Morgan fingerprint density at radius 1 is 1.29 bits per heavy atom. The summed E-state index contributed by atoms with van der Waals surface area (Å²) < 4.78 is 38.6. The Labute approximate surface area is 119 Å². The Kier molecular flexibility index (Phi) is 3.72. The number of aryl methyl sites for hydroxylation is 1. The van der Waals surface area contributed by atoms with Crippen LogP contribution in [0.2, 0.25) is 0 Å². The summed E-state index contributed by atoms with van der Waals surface area (Å²) in [7, 11) is 0. The van der Waals surface area contributed by atoms with E-state index in [1.807, 2.05) is 0 Å². The molecule has 3 N–H and O–H groups in total. The van der Waals surface area contributed by atoms with Crippen molar-refractivity contribution >= 4 is 17.2 Å². The second-order valence-electron chi connectivity index (χ2n) is 4.43. The molecule has 0 saturated heterocycles. The number of hydrogen-bond donors (Lipinski definition) is 2. The number of nitrogens with zero attached hydrogens (tertiary/aromatic N) is 2. The standard InChI is InChI=1S/C14H11F3N4/c1-8-4-10(19)7-20-13(8)21-11-3-2-9(6-18)12(5-11)14(15,16)17/h2-5,7H,19H2,1H3,(H,20,21). The molecule has 1 aromatic carbocycles. The third-order valence-corrected chi connectivity index (χ3v) is 2.81. The summed E-state index contributed by atoms with van der Waals surface area (Å²) >= 11 is 0. The molecule has 4 nitrogen and oxygen atoms in total. The molecule has 0 aliphatic rings. The summed E-state index contributed by atoms with van der Waals surface area (Å²) in [5.41, 5.74) is 5.52. The number of nitrogen functional groups attached to an aromatic ring is 1. The van der Waals surface area contributed by atoms with Crippen molar-refractivity contribution in [2.75, 3.05) is 11.1 Å². The molecule has 1 heterocycles. The molecule has 2 aromatic rings. The molecule has 1 aromatic heterocycles. The Hall–Kier alpha value is -2.75. The minimum atomic E-state index is -4.59. The maximum Gasteiger partial charge on any atom is 0.417 e. The van der Waals surface area contributed by atoms with Gasteiger partial charge in [0.1, 0.15) is 5.82 Å². The zero-order chi connectivity index (χ0) is 15.6.